The Morgan fingerprint density at radius 2 is 1.74 bits per heavy atom. The van der Waals surface area contributed by atoms with Crippen LogP contribution in [0.5, 0.6) is 0 Å². The first-order valence-electron chi connectivity index (χ1n) is 9.70. The molecule has 0 saturated carbocycles. The predicted molar refractivity (Wildman–Crippen MR) is 120 cm³/mol. The minimum absolute atomic E-state index is 0.0342. The van der Waals surface area contributed by atoms with Gasteiger partial charge in [-0.15, -0.1) is 0 Å². The lowest BCUT2D eigenvalue weighted by Gasteiger charge is -2.33. The van der Waals surface area contributed by atoms with Crippen LogP contribution in [-0.4, -0.2) is 21.9 Å². The maximum absolute atomic E-state index is 13.9. The molecule has 2 unspecified atom stereocenters. The molecule has 5 nitrogen and oxygen atoms in total. The van der Waals surface area contributed by atoms with Gasteiger partial charge in [-0.25, -0.2) is 4.68 Å². The summed E-state index contributed by atoms with van der Waals surface area (Å²) in [5, 5.41) is 9.10. The fraction of sp³-hybridized carbons (Fsp3) is 0.238. The standard InChI is InChI=1S/C21H14Br2F6N4O/c22-12-6-4-10(5-7-12)14-9-15(21(27,28)29)33-18(31-14)16(23)17(32-33)19(34)30-13-3-1-2-11(8-13)20(24,25)26/h1-8,14-15,31H,9H2,(H,30,34). The zero-order chi connectivity index (χ0) is 24.8. The number of fused-ring (bicyclic) bond motifs is 1. The second kappa shape index (κ2) is 8.91. The van der Waals surface area contributed by atoms with Crippen LogP contribution in [0, 0.1) is 0 Å². The molecule has 2 aromatic carbocycles. The van der Waals surface area contributed by atoms with Gasteiger partial charge in [0.15, 0.2) is 11.7 Å². The molecule has 0 radical (unpaired) electrons. The van der Waals surface area contributed by atoms with E-state index in [1.54, 1.807) is 24.3 Å². The van der Waals surface area contributed by atoms with Crippen molar-refractivity contribution in [3.05, 3.63) is 74.3 Å². The Kier molecular flexibility index (Phi) is 6.44. The van der Waals surface area contributed by atoms with Gasteiger partial charge in [-0.2, -0.15) is 31.4 Å². The summed E-state index contributed by atoms with van der Waals surface area (Å²) >= 11 is 6.42. The first-order chi connectivity index (χ1) is 15.8. The molecule has 1 amide bonds. The van der Waals surface area contributed by atoms with Crippen molar-refractivity contribution in [1.29, 1.82) is 0 Å². The topological polar surface area (TPSA) is 59.0 Å². The number of carbonyl (C=O) groups excluding carboxylic acids is 1. The number of alkyl halides is 6. The van der Waals surface area contributed by atoms with Gasteiger partial charge in [0, 0.05) is 16.6 Å². The molecule has 2 N–H and O–H groups in total. The fourth-order valence-electron chi connectivity index (χ4n) is 3.61. The molecule has 0 saturated heterocycles. The minimum atomic E-state index is -4.66. The maximum atomic E-state index is 13.9. The van der Waals surface area contributed by atoms with Crippen molar-refractivity contribution < 1.29 is 31.1 Å². The summed E-state index contributed by atoms with van der Waals surface area (Å²) in [6, 6.07) is 7.91. The molecule has 3 aromatic rings. The van der Waals surface area contributed by atoms with Gasteiger partial charge in [0.05, 0.1) is 16.1 Å². The summed E-state index contributed by atoms with van der Waals surface area (Å²) in [6.45, 7) is 0. The number of halogens is 8. The number of carbonyl (C=O) groups is 1. The van der Waals surface area contributed by atoms with Crippen LogP contribution in [0.4, 0.5) is 37.8 Å². The van der Waals surface area contributed by atoms with Crippen LogP contribution in [0.3, 0.4) is 0 Å². The Morgan fingerprint density at radius 3 is 2.35 bits per heavy atom. The van der Waals surface area contributed by atoms with Crippen LogP contribution in [0.2, 0.25) is 0 Å². The molecule has 180 valence electrons. The Bertz CT molecular complexity index is 1220. The first kappa shape index (κ1) is 24.6. The van der Waals surface area contributed by atoms with Crippen molar-refractivity contribution in [2.75, 3.05) is 10.6 Å². The Balaban J connectivity index is 1.67. The van der Waals surface area contributed by atoms with Gasteiger partial charge in [0.2, 0.25) is 0 Å². The van der Waals surface area contributed by atoms with Crippen molar-refractivity contribution in [1.82, 2.24) is 9.78 Å². The SMILES string of the molecule is O=C(Nc1cccc(C(F)(F)F)c1)c1nn2c(c1Br)NC(c1ccc(Br)cc1)CC2C(F)(F)F. The summed E-state index contributed by atoms with van der Waals surface area (Å²) in [7, 11) is 0. The van der Waals surface area contributed by atoms with Gasteiger partial charge in [-0.3, -0.25) is 4.79 Å². The summed E-state index contributed by atoms with van der Waals surface area (Å²) < 4.78 is 82.0. The number of aromatic nitrogens is 2. The van der Waals surface area contributed by atoms with Gasteiger partial charge < -0.3 is 10.6 Å². The first-order valence-corrected chi connectivity index (χ1v) is 11.3. The third kappa shape index (κ3) is 4.95. The van der Waals surface area contributed by atoms with Crippen LogP contribution < -0.4 is 10.6 Å². The minimum Gasteiger partial charge on any atom is -0.362 e. The molecule has 34 heavy (non-hydrogen) atoms. The number of rotatable bonds is 3. The Morgan fingerprint density at radius 1 is 1.06 bits per heavy atom. The maximum Gasteiger partial charge on any atom is 0.416 e. The smallest absolute Gasteiger partial charge is 0.362 e. The quantitative estimate of drug-likeness (QED) is 0.305. The molecule has 0 fully saturated rings. The number of nitrogens with one attached hydrogen (secondary N) is 2. The molecular weight excluding hydrogens is 598 g/mol. The summed E-state index contributed by atoms with van der Waals surface area (Å²) in [5.74, 6) is -1.02. The average Bonchev–Trinajstić information content (AvgIpc) is 3.09. The molecule has 1 aliphatic heterocycles. The number of hydrogen-bond donors (Lipinski definition) is 2. The van der Waals surface area contributed by atoms with Crippen LogP contribution in [0.15, 0.2) is 57.5 Å². The van der Waals surface area contributed by atoms with Crippen molar-refractivity contribution in [3.8, 4) is 0 Å². The molecule has 2 atom stereocenters. The highest BCUT2D eigenvalue weighted by atomic mass is 79.9. The lowest BCUT2D eigenvalue weighted by molar-refractivity contribution is -0.173. The molecule has 0 bridgehead atoms. The van der Waals surface area contributed by atoms with Gasteiger partial charge in [-0.1, -0.05) is 34.1 Å². The second-order valence-corrected chi connectivity index (χ2v) is 9.24. The molecule has 13 heteroatoms. The van der Waals surface area contributed by atoms with E-state index in [9.17, 15) is 31.1 Å². The molecule has 1 aliphatic rings. The highest BCUT2D eigenvalue weighted by molar-refractivity contribution is 9.11. The zero-order valence-corrected chi connectivity index (χ0v) is 20.0. The number of hydrogen-bond acceptors (Lipinski definition) is 3. The van der Waals surface area contributed by atoms with Crippen LogP contribution in [-0.2, 0) is 6.18 Å². The number of anilines is 2. The molecule has 4 rings (SSSR count). The van der Waals surface area contributed by atoms with E-state index in [0.717, 1.165) is 22.7 Å². The summed E-state index contributed by atoms with van der Waals surface area (Å²) in [4.78, 5) is 12.7. The third-order valence-electron chi connectivity index (χ3n) is 5.23. The van der Waals surface area contributed by atoms with E-state index in [-0.39, 0.29) is 22.4 Å². The Labute approximate surface area is 205 Å². The van der Waals surface area contributed by atoms with Gasteiger partial charge >= 0.3 is 12.4 Å². The normalized spacial score (nSPS) is 18.2. The van der Waals surface area contributed by atoms with E-state index in [1.165, 1.54) is 6.07 Å². The van der Waals surface area contributed by atoms with Crippen LogP contribution >= 0.6 is 31.9 Å². The summed E-state index contributed by atoms with van der Waals surface area (Å²) in [5.41, 5.74) is -0.951. The Hall–Kier alpha value is -2.54. The van der Waals surface area contributed by atoms with Crippen LogP contribution in [0.1, 0.15) is 40.1 Å². The zero-order valence-electron chi connectivity index (χ0n) is 16.8. The fourth-order valence-corrected chi connectivity index (χ4v) is 4.43. The molecule has 2 heterocycles. The van der Waals surface area contributed by atoms with E-state index < -0.39 is 41.6 Å². The van der Waals surface area contributed by atoms with E-state index >= 15 is 0 Å². The average molecular weight is 612 g/mol. The van der Waals surface area contributed by atoms with Crippen molar-refractivity contribution in [2.45, 2.75) is 30.9 Å². The predicted octanol–water partition coefficient (Wildman–Crippen LogP) is 7.34. The summed E-state index contributed by atoms with van der Waals surface area (Å²) in [6.07, 6.45) is -9.66. The third-order valence-corrected chi connectivity index (χ3v) is 6.51. The molecule has 1 aromatic heterocycles. The molecule has 0 spiro atoms. The van der Waals surface area contributed by atoms with E-state index in [4.69, 9.17) is 0 Å². The van der Waals surface area contributed by atoms with Gasteiger partial charge in [0.1, 0.15) is 5.82 Å². The van der Waals surface area contributed by atoms with Crippen molar-refractivity contribution >= 4 is 49.3 Å². The lowest BCUT2D eigenvalue weighted by atomic mass is 9.97. The number of amides is 1. The lowest BCUT2D eigenvalue weighted by Crippen LogP contribution is -2.35. The van der Waals surface area contributed by atoms with Crippen molar-refractivity contribution in [2.24, 2.45) is 0 Å². The van der Waals surface area contributed by atoms with Crippen molar-refractivity contribution in [3.63, 3.8) is 0 Å². The monoisotopic (exact) mass is 610 g/mol. The highest BCUT2D eigenvalue weighted by Gasteiger charge is 2.47. The largest absolute Gasteiger partial charge is 0.416 e. The molecular formula is C21H14Br2F6N4O. The number of benzene rings is 2. The van der Waals surface area contributed by atoms with E-state index in [1.807, 2.05) is 0 Å². The van der Waals surface area contributed by atoms with E-state index in [0.29, 0.717) is 10.2 Å². The second-order valence-electron chi connectivity index (χ2n) is 7.53. The van der Waals surface area contributed by atoms with Gasteiger partial charge in [0.25, 0.3) is 5.91 Å². The van der Waals surface area contributed by atoms with Crippen LogP contribution in [0.25, 0.3) is 0 Å². The van der Waals surface area contributed by atoms with E-state index in [2.05, 4.69) is 47.6 Å². The van der Waals surface area contributed by atoms with Gasteiger partial charge in [-0.05, 0) is 51.8 Å². The molecule has 0 aliphatic carbocycles. The number of nitrogens with zero attached hydrogens (tertiary/aromatic N) is 2. The highest BCUT2D eigenvalue weighted by Crippen LogP contribution is 2.46.